The first-order valence-corrected chi connectivity index (χ1v) is 5.80. The van der Waals surface area contributed by atoms with Gasteiger partial charge in [-0.15, -0.1) is 0 Å². The van der Waals surface area contributed by atoms with Gasteiger partial charge in [-0.25, -0.2) is 4.79 Å². The summed E-state index contributed by atoms with van der Waals surface area (Å²) in [5.41, 5.74) is 1.58. The van der Waals surface area contributed by atoms with Crippen molar-refractivity contribution >= 4 is 11.5 Å². The summed E-state index contributed by atoms with van der Waals surface area (Å²) in [5, 5.41) is 9.15. The van der Waals surface area contributed by atoms with Gasteiger partial charge in [-0.3, -0.25) is 0 Å². The topological polar surface area (TPSA) is 59.3 Å². The van der Waals surface area contributed by atoms with Crippen LogP contribution in [0, 0.1) is 11.3 Å². The summed E-state index contributed by atoms with van der Waals surface area (Å²) in [6, 6.07) is 9.34. The molecule has 2 rings (SSSR count). The van der Waals surface area contributed by atoms with Gasteiger partial charge in [0.2, 0.25) is 0 Å². The summed E-state index contributed by atoms with van der Waals surface area (Å²) < 4.78 is 10.4. The Morgan fingerprint density at radius 1 is 1.50 bits per heavy atom. The van der Waals surface area contributed by atoms with Crippen LogP contribution in [0.2, 0.25) is 0 Å². The fourth-order valence-electron chi connectivity index (χ4n) is 1.94. The van der Waals surface area contributed by atoms with Gasteiger partial charge in [0.05, 0.1) is 13.2 Å². The number of carbonyl (C=O) groups is 1. The summed E-state index contributed by atoms with van der Waals surface area (Å²) in [4.78, 5) is 11.7. The summed E-state index contributed by atoms with van der Waals surface area (Å²) in [5.74, 6) is 0.141. The molecule has 0 bridgehead atoms. The Kier molecular flexibility index (Phi) is 3.63. The number of ether oxygens (including phenoxy) is 2. The average molecular weight is 243 g/mol. The van der Waals surface area contributed by atoms with Crippen LogP contribution in [0.5, 0.6) is 5.75 Å². The van der Waals surface area contributed by atoms with E-state index in [0.29, 0.717) is 24.4 Å². The van der Waals surface area contributed by atoms with Crippen molar-refractivity contribution in [2.75, 3.05) is 13.2 Å². The Bertz CT molecular complexity index is 540. The molecule has 0 saturated carbocycles. The van der Waals surface area contributed by atoms with Gasteiger partial charge >= 0.3 is 5.97 Å². The maximum atomic E-state index is 11.7. The maximum Gasteiger partial charge on any atom is 0.349 e. The molecular formula is C14H13NO3. The Balaban J connectivity index is 2.50. The molecule has 92 valence electrons. The van der Waals surface area contributed by atoms with E-state index in [-0.39, 0.29) is 12.2 Å². The van der Waals surface area contributed by atoms with Crippen molar-refractivity contribution in [3.8, 4) is 11.8 Å². The number of nitriles is 1. The predicted octanol–water partition coefficient (Wildman–Crippen LogP) is 2.31. The van der Waals surface area contributed by atoms with Crippen LogP contribution in [0.3, 0.4) is 0 Å². The lowest BCUT2D eigenvalue weighted by Gasteiger charge is -2.20. The van der Waals surface area contributed by atoms with E-state index in [2.05, 4.69) is 0 Å². The molecule has 0 saturated heterocycles. The zero-order valence-electron chi connectivity index (χ0n) is 10.1. The lowest BCUT2D eigenvalue weighted by molar-refractivity contribution is -0.137. The van der Waals surface area contributed by atoms with E-state index in [1.165, 1.54) is 0 Å². The first-order chi connectivity index (χ1) is 8.77. The minimum Gasteiger partial charge on any atom is -0.493 e. The number of hydrogen-bond donors (Lipinski definition) is 0. The number of para-hydroxylation sites is 1. The SMILES string of the molecule is CCOC(=O)/C(C#N)=C1\CCOc2ccccc21. The Morgan fingerprint density at radius 2 is 2.28 bits per heavy atom. The number of carbonyl (C=O) groups excluding carboxylic acids is 1. The van der Waals surface area contributed by atoms with E-state index < -0.39 is 5.97 Å². The molecule has 4 nitrogen and oxygen atoms in total. The minimum absolute atomic E-state index is 0.0765. The van der Waals surface area contributed by atoms with Gasteiger partial charge in [0.1, 0.15) is 17.4 Å². The lowest BCUT2D eigenvalue weighted by atomic mass is 9.95. The molecule has 0 radical (unpaired) electrons. The predicted molar refractivity (Wildman–Crippen MR) is 65.7 cm³/mol. The van der Waals surface area contributed by atoms with Gasteiger partial charge in [0.15, 0.2) is 0 Å². The van der Waals surface area contributed by atoms with Crippen LogP contribution in [-0.2, 0) is 9.53 Å². The molecule has 1 heterocycles. The number of hydrogen-bond acceptors (Lipinski definition) is 4. The van der Waals surface area contributed by atoms with E-state index in [1.807, 2.05) is 30.3 Å². The van der Waals surface area contributed by atoms with Gasteiger partial charge in [-0.1, -0.05) is 18.2 Å². The molecule has 0 atom stereocenters. The van der Waals surface area contributed by atoms with Gasteiger partial charge in [0, 0.05) is 12.0 Å². The number of fused-ring (bicyclic) bond motifs is 1. The second-order valence-electron chi connectivity index (χ2n) is 3.78. The van der Waals surface area contributed by atoms with Crippen LogP contribution in [0.1, 0.15) is 18.9 Å². The monoisotopic (exact) mass is 243 g/mol. The molecule has 0 unspecified atom stereocenters. The van der Waals surface area contributed by atoms with E-state index >= 15 is 0 Å². The number of nitrogens with zero attached hydrogens (tertiary/aromatic N) is 1. The number of rotatable bonds is 2. The van der Waals surface area contributed by atoms with Crippen molar-refractivity contribution in [1.29, 1.82) is 5.26 Å². The highest BCUT2D eigenvalue weighted by Gasteiger charge is 2.23. The van der Waals surface area contributed by atoms with Crippen LogP contribution < -0.4 is 4.74 Å². The zero-order valence-corrected chi connectivity index (χ0v) is 10.1. The average Bonchev–Trinajstić information content (AvgIpc) is 2.40. The van der Waals surface area contributed by atoms with Gasteiger partial charge in [-0.2, -0.15) is 5.26 Å². The Hall–Kier alpha value is -2.28. The molecule has 4 heteroatoms. The van der Waals surface area contributed by atoms with E-state index in [0.717, 1.165) is 5.56 Å². The first-order valence-electron chi connectivity index (χ1n) is 5.80. The summed E-state index contributed by atoms with van der Waals surface area (Å²) >= 11 is 0. The summed E-state index contributed by atoms with van der Waals surface area (Å²) in [6.45, 7) is 2.45. The lowest BCUT2D eigenvalue weighted by Crippen LogP contribution is -2.14. The van der Waals surface area contributed by atoms with Crippen LogP contribution in [0.4, 0.5) is 0 Å². The second-order valence-corrected chi connectivity index (χ2v) is 3.78. The van der Waals surface area contributed by atoms with Crippen molar-refractivity contribution in [1.82, 2.24) is 0 Å². The Morgan fingerprint density at radius 3 is 3.00 bits per heavy atom. The molecule has 18 heavy (non-hydrogen) atoms. The molecule has 1 aliphatic heterocycles. The quantitative estimate of drug-likeness (QED) is 0.454. The molecule has 1 aromatic carbocycles. The van der Waals surface area contributed by atoms with Crippen LogP contribution >= 0.6 is 0 Å². The number of esters is 1. The highest BCUT2D eigenvalue weighted by Crippen LogP contribution is 2.34. The normalized spacial score (nSPS) is 16.0. The molecular weight excluding hydrogens is 230 g/mol. The molecule has 1 aromatic rings. The molecule has 0 aliphatic carbocycles. The van der Waals surface area contributed by atoms with Gasteiger partial charge in [0.25, 0.3) is 0 Å². The molecule has 0 aromatic heterocycles. The minimum atomic E-state index is -0.563. The summed E-state index contributed by atoms with van der Waals surface area (Å²) in [6.07, 6.45) is 0.540. The van der Waals surface area contributed by atoms with Crippen LogP contribution in [0.25, 0.3) is 5.57 Å². The van der Waals surface area contributed by atoms with Crippen molar-refractivity contribution in [2.24, 2.45) is 0 Å². The molecule has 0 spiro atoms. The van der Waals surface area contributed by atoms with Gasteiger partial charge < -0.3 is 9.47 Å². The van der Waals surface area contributed by atoms with Gasteiger partial charge in [-0.05, 0) is 18.6 Å². The van der Waals surface area contributed by atoms with Crippen LogP contribution in [0.15, 0.2) is 29.8 Å². The first kappa shape index (κ1) is 12.2. The Labute approximate surface area is 105 Å². The molecule has 0 fully saturated rings. The largest absolute Gasteiger partial charge is 0.493 e. The fourth-order valence-corrected chi connectivity index (χ4v) is 1.94. The summed E-state index contributed by atoms with van der Waals surface area (Å²) in [7, 11) is 0. The highest BCUT2D eigenvalue weighted by molar-refractivity contribution is 6.02. The number of benzene rings is 1. The van der Waals surface area contributed by atoms with E-state index in [4.69, 9.17) is 14.7 Å². The van der Waals surface area contributed by atoms with E-state index in [9.17, 15) is 4.79 Å². The van der Waals surface area contributed by atoms with Crippen molar-refractivity contribution in [2.45, 2.75) is 13.3 Å². The third-order valence-electron chi connectivity index (χ3n) is 2.71. The van der Waals surface area contributed by atoms with E-state index in [1.54, 1.807) is 6.92 Å². The third kappa shape index (κ3) is 2.21. The molecule has 1 aliphatic rings. The third-order valence-corrected chi connectivity index (χ3v) is 2.71. The maximum absolute atomic E-state index is 11.7. The zero-order chi connectivity index (χ0) is 13.0. The molecule has 0 amide bonds. The van der Waals surface area contributed by atoms with Crippen molar-refractivity contribution < 1.29 is 14.3 Å². The van der Waals surface area contributed by atoms with Crippen molar-refractivity contribution in [3.05, 3.63) is 35.4 Å². The fraction of sp³-hybridized carbons (Fsp3) is 0.286. The smallest absolute Gasteiger partial charge is 0.349 e. The highest BCUT2D eigenvalue weighted by atomic mass is 16.5. The molecule has 0 N–H and O–H groups in total. The second kappa shape index (κ2) is 5.37. The van der Waals surface area contributed by atoms with Crippen molar-refractivity contribution in [3.63, 3.8) is 0 Å². The standard InChI is InChI=1S/C14H13NO3/c1-2-17-14(16)12(9-15)10-7-8-18-13-6-4-3-5-11(10)13/h3-6H,2,7-8H2,1H3/b12-10+. The van der Waals surface area contributed by atoms with Crippen LogP contribution in [-0.4, -0.2) is 19.2 Å².